The molecule has 0 radical (unpaired) electrons. The molecule has 0 N–H and O–H groups in total. The van der Waals surface area contributed by atoms with Crippen molar-refractivity contribution in [1.29, 1.82) is 0 Å². The summed E-state index contributed by atoms with van der Waals surface area (Å²) in [5.74, 6) is -0.433. The van der Waals surface area contributed by atoms with Gasteiger partial charge < -0.3 is 9.64 Å². The summed E-state index contributed by atoms with van der Waals surface area (Å²) in [7, 11) is 1.23. The molecular weight excluding hydrogens is 358 g/mol. The van der Waals surface area contributed by atoms with E-state index in [4.69, 9.17) is 0 Å². The smallest absolute Gasteiger partial charge is 0.339 e. The van der Waals surface area contributed by atoms with E-state index >= 15 is 0 Å². The second-order valence-corrected chi connectivity index (χ2v) is 6.49. The van der Waals surface area contributed by atoms with Crippen LogP contribution in [0.2, 0.25) is 0 Å². The Morgan fingerprint density at radius 3 is 2.18 bits per heavy atom. The lowest BCUT2D eigenvalue weighted by Crippen LogP contribution is -2.23. The van der Waals surface area contributed by atoms with Gasteiger partial charge >= 0.3 is 11.7 Å². The molecule has 1 aliphatic rings. The van der Waals surface area contributed by atoms with Crippen LogP contribution in [0.15, 0.2) is 60.8 Å². The number of ether oxygens (including phenoxy) is 1. The number of aromatic nitrogens is 1. The molecule has 140 valence electrons. The number of fused-ring (bicyclic) bond motifs is 3. The topological polar surface area (TPSA) is 85.6 Å². The molecule has 7 nitrogen and oxygen atoms in total. The number of nitro groups is 1. The minimum Gasteiger partial charge on any atom is -0.465 e. The number of rotatable bonds is 3. The van der Waals surface area contributed by atoms with Gasteiger partial charge in [0.1, 0.15) is 0 Å². The number of carbonyl (C=O) groups excluding carboxylic acids is 1. The van der Waals surface area contributed by atoms with Crippen molar-refractivity contribution >= 4 is 17.5 Å². The van der Waals surface area contributed by atoms with E-state index in [1.54, 1.807) is 0 Å². The van der Waals surface area contributed by atoms with Gasteiger partial charge in [-0.15, -0.1) is 0 Å². The monoisotopic (exact) mass is 375 g/mol. The molecule has 7 heteroatoms. The molecule has 4 rings (SSSR count). The summed E-state index contributed by atoms with van der Waals surface area (Å²) in [6, 6.07) is 17.2. The first-order valence-corrected chi connectivity index (χ1v) is 8.72. The predicted octanol–water partition coefficient (Wildman–Crippen LogP) is 3.96. The number of benzene rings is 2. The number of methoxy groups -OCH3 is 1. The predicted molar refractivity (Wildman–Crippen MR) is 104 cm³/mol. The Kier molecular flexibility index (Phi) is 4.49. The number of hydrogen-bond acceptors (Lipinski definition) is 6. The number of hydrogen-bond donors (Lipinski definition) is 0. The van der Waals surface area contributed by atoms with Crippen LogP contribution in [0.4, 0.5) is 11.5 Å². The highest BCUT2D eigenvalue weighted by atomic mass is 16.6. The minimum absolute atomic E-state index is 0.0496. The first kappa shape index (κ1) is 17.7. The Morgan fingerprint density at radius 2 is 1.64 bits per heavy atom. The molecule has 0 unspecified atom stereocenters. The average Bonchev–Trinajstić information content (AvgIpc) is 2.89. The molecule has 1 aliphatic heterocycles. The molecule has 0 amide bonds. The van der Waals surface area contributed by atoms with Gasteiger partial charge in [-0.25, -0.2) is 9.78 Å². The van der Waals surface area contributed by atoms with Gasteiger partial charge in [0.05, 0.1) is 17.6 Å². The van der Waals surface area contributed by atoms with Crippen LogP contribution in [0.3, 0.4) is 0 Å². The summed E-state index contributed by atoms with van der Waals surface area (Å²) >= 11 is 0. The van der Waals surface area contributed by atoms with E-state index in [2.05, 4.69) is 21.9 Å². The Balaban J connectivity index is 1.85. The van der Waals surface area contributed by atoms with Crippen LogP contribution in [-0.4, -0.2) is 23.0 Å². The zero-order valence-corrected chi connectivity index (χ0v) is 15.2. The molecule has 2 aromatic carbocycles. The molecule has 0 saturated carbocycles. The van der Waals surface area contributed by atoms with Gasteiger partial charge in [0.15, 0.2) is 0 Å². The van der Waals surface area contributed by atoms with Gasteiger partial charge in [-0.1, -0.05) is 48.5 Å². The molecule has 0 fully saturated rings. The molecule has 2 heterocycles. The van der Waals surface area contributed by atoms with E-state index in [1.807, 2.05) is 41.3 Å². The fourth-order valence-electron chi connectivity index (χ4n) is 3.51. The first-order chi connectivity index (χ1) is 13.6. The lowest BCUT2D eigenvalue weighted by Gasteiger charge is -2.22. The van der Waals surface area contributed by atoms with Gasteiger partial charge in [0.2, 0.25) is 5.82 Å². The van der Waals surface area contributed by atoms with Crippen LogP contribution in [0.5, 0.6) is 0 Å². The highest BCUT2D eigenvalue weighted by Gasteiger charge is 2.27. The maximum Gasteiger partial charge on any atom is 0.339 e. The summed E-state index contributed by atoms with van der Waals surface area (Å²) in [5.41, 5.74) is 4.15. The van der Waals surface area contributed by atoms with E-state index < -0.39 is 10.9 Å². The molecule has 0 atom stereocenters. The van der Waals surface area contributed by atoms with Crippen molar-refractivity contribution in [3.05, 3.63) is 87.6 Å². The third-order valence-electron chi connectivity index (χ3n) is 4.81. The number of nitrogens with zero attached hydrogens (tertiary/aromatic N) is 3. The van der Waals surface area contributed by atoms with Crippen molar-refractivity contribution < 1.29 is 14.5 Å². The number of pyridine rings is 1. The molecule has 0 spiro atoms. The van der Waals surface area contributed by atoms with Gasteiger partial charge in [0, 0.05) is 25.4 Å². The third kappa shape index (κ3) is 3.07. The lowest BCUT2D eigenvalue weighted by molar-refractivity contribution is -0.384. The Labute approximate surface area is 161 Å². The third-order valence-corrected chi connectivity index (χ3v) is 4.81. The molecule has 28 heavy (non-hydrogen) atoms. The van der Waals surface area contributed by atoms with Gasteiger partial charge in [-0.05, 0) is 22.3 Å². The normalized spacial score (nSPS) is 12.5. The second kappa shape index (κ2) is 7.11. The van der Waals surface area contributed by atoms with E-state index in [0.29, 0.717) is 13.1 Å². The highest BCUT2D eigenvalue weighted by molar-refractivity contribution is 5.90. The van der Waals surface area contributed by atoms with Crippen LogP contribution in [0, 0.1) is 10.1 Å². The van der Waals surface area contributed by atoms with Crippen molar-refractivity contribution in [3.63, 3.8) is 0 Å². The van der Waals surface area contributed by atoms with Crippen molar-refractivity contribution in [1.82, 2.24) is 4.98 Å². The number of esters is 1. The second-order valence-electron chi connectivity index (χ2n) is 6.49. The quantitative estimate of drug-likeness (QED) is 0.391. The maximum absolute atomic E-state index is 11.8. The van der Waals surface area contributed by atoms with Crippen LogP contribution in [-0.2, 0) is 17.8 Å². The average molecular weight is 375 g/mol. The van der Waals surface area contributed by atoms with Gasteiger partial charge in [-0.2, -0.15) is 0 Å². The summed E-state index contributed by atoms with van der Waals surface area (Å²) in [4.78, 5) is 29.1. The summed E-state index contributed by atoms with van der Waals surface area (Å²) < 4.78 is 4.65. The largest absolute Gasteiger partial charge is 0.465 e. The fraction of sp³-hybridized carbons (Fsp3) is 0.143. The molecule has 0 aliphatic carbocycles. The van der Waals surface area contributed by atoms with Gasteiger partial charge in [-0.3, -0.25) is 10.1 Å². The standard InChI is InChI=1S/C21H17N3O4/c1-28-21(25)16-10-19(24(26)27)20(22-11-16)23-12-14-6-2-4-8-17(14)18-9-5-3-7-15(18)13-23/h2-11H,12-13H2,1H3. The molecule has 0 bridgehead atoms. The van der Waals surface area contributed by atoms with E-state index in [-0.39, 0.29) is 17.1 Å². The fourth-order valence-corrected chi connectivity index (χ4v) is 3.51. The molecule has 0 saturated heterocycles. The highest BCUT2D eigenvalue weighted by Crippen LogP contribution is 2.36. The Morgan fingerprint density at radius 1 is 1.07 bits per heavy atom. The Bertz CT molecular complexity index is 1030. The van der Waals surface area contributed by atoms with Crippen LogP contribution < -0.4 is 4.90 Å². The Hall–Kier alpha value is -3.74. The van der Waals surface area contributed by atoms with Gasteiger partial charge in [0.25, 0.3) is 0 Å². The zero-order valence-electron chi connectivity index (χ0n) is 15.2. The van der Waals surface area contributed by atoms with Crippen molar-refractivity contribution in [3.8, 4) is 11.1 Å². The number of carbonyl (C=O) groups is 1. The number of anilines is 1. The van der Waals surface area contributed by atoms with Crippen molar-refractivity contribution in [2.45, 2.75) is 13.1 Å². The van der Waals surface area contributed by atoms with Crippen LogP contribution in [0.25, 0.3) is 11.1 Å². The summed E-state index contributed by atoms with van der Waals surface area (Å²) in [6.07, 6.45) is 1.32. The first-order valence-electron chi connectivity index (χ1n) is 8.72. The van der Waals surface area contributed by atoms with Crippen LogP contribution >= 0.6 is 0 Å². The van der Waals surface area contributed by atoms with E-state index in [0.717, 1.165) is 22.3 Å². The SMILES string of the molecule is COC(=O)c1cnc(N2Cc3ccccc3-c3ccccc3C2)c([N+](=O)[O-])c1. The maximum atomic E-state index is 11.8. The molecule has 3 aromatic rings. The summed E-state index contributed by atoms with van der Waals surface area (Å²) in [6.45, 7) is 0.937. The molecular formula is C21H17N3O4. The van der Waals surface area contributed by atoms with Crippen LogP contribution in [0.1, 0.15) is 21.5 Å². The van der Waals surface area contributed by atoms with Crippen molar-refractivity contribution in [2.24, 2.45) is 0 Å². The zero-order chi connectivity index (χ0) is 19.7. The van der Waals surface area contributed by atoms with E-state index in [1.165, 1.54) is 19.4 Å². The summed E-state index contributed by atoms with van der Waals surface area (Å²) in [5, 5.41) is 11.7. The van der Waals surface area contributed by atoms with E-state index in [9.17, 15) is 14.9 Å². The lowest BCUT2D eigenvalue weighted by atomic mass is 9.97. The minimum atomic E-state index is -0.659. The van der Waals surface area contributed by atoms with Crippen molar-refractivity contribution in [2.75, 3.05) is 12.0 Å². The molecule has 1 aromatic heterocycles.